The first kappa shape index (κ1) is 12.7. The number of hydrogen-bond donors (Lipinski definition) is 0. The lowest BCUT2D eigenvalue weighted by Crippen LogP contribution is -2.02. The van der Waals surface area contributed by atoms with Gasteiger partial charge in [-0.05, 0) is 35.9 Å². The normalized spacial score (nSPS) is 10.9. The second-order valence-corrected chi connectivity index (χ2v) is 5.11. The van der Waals surface area contributed by atoms with Crippen LogP contribution in [0, 0.1) is 0 Å². The summed E-state index contributed by atoms with van der Waals surface area (Å²) < 4.78 is 2.22. The minimum Gasteiger partial charge on any atom is -0.319 e. The Labute approximate surface area is 128 Å². The van der Waals surface area contributed by atoms with Gasteiger partial charge in [0.2, 0.25) is 0 Å². The van der Waals surface area contributed by atoms with Crippen LogP contribution in [0.1, 0.15) is 5.56 Å². The Kier molecular flexibility index (Phi) is 3.12. The minimum absolute atomic E-state index is 0.742. The highest BCUT2D eigenvalue weighted by atomic mass is 15.1. The van der Waals surface area contributed by atoms with Gasteiger partial charge in [0, 0.05) is 30.4 Å². The van der Waals surface area contributed by atoms with Crippen molar-refractivity contribution in [3.05, 3.63) is 78.9 Å². The minimum atomic E-state index is 0.742. The molecular formula is C18H14N4. The summed E-state index contributed by atoms with van der Waals surface area (Å²) in [6.07, 6.45) is 7.27. The Hall–Kier alpha value is -3.01. The molecule has 3 aromatic heterocycles. The molecule has 1 aromatic carbocycles. The molecule has 0 atom stereocenters. The zero-order chi connectivity index (χ0) is 14.8. The van der Waals surface area contributed by atoms with Crippen LogP contribution in [0.3, 0.4) is 0 Å². The molecule has 0 saturated carbocycles. The largest absolute Gasteiger partial charge is 0.319 e. The predicted octanol–water partition coefficient (Wildman–Crippen LogP) is 3.54. The molecule has 0 unspecified atom stereocenters. The Balaban J connectivity index is 1.91. The monoisotopic (exact) mass is 286 g/mol. The van der Waals surface area contributed by atoms with E-state index in [2.05, 4.69) is 26.7 Å². The molecule has 0 amide bonds. The summed E-state index contributed by atoms with van der Waals surface area (Å²) in [5, 5.41) is 0. The van der Waals surface area contributed by atoms with Gasteiger partial charge in [0.05, 0.1) is 17.6 Å². The van der Waals surface area contributed by atoms with E-state index in [1.807, 2.05) is 42.6 Å². The van der Waals surface area contributed by atoms with E-state index in [0.717, 1.165) is 34.5 Å². The molecule has 3 heterocycles. The fourth-order valence-corrected chi connectivity index (χ4v) is 2.63. The average molecular weight is 286 g/mol. The van der Waals surface area contributed by atoms with E-state index in [4.69, 9.17) is 4.98 Å². The summed E-state index contributed by atoms with van der Waals surface area (Å²) >= 11 is 0. The van der Waals surface area contributed by atoms with Crippen LogP contribution >= 0.6 is 0 Å². The van der Waals surface area contributed by atoms with Gasteiger partial charge >= 0.3 is 0 Å². The summed E-state index contributed by atoms with van der Waals surface area (Å²) in [5.41, 5.74) is 4.34. The zero-order valence-corrected chi connectivity index (χ0v) is 11.9. The summed E-state index contributed by atoms with van der Waals surface area (Å²) in [5.74, 6) is 0.951. The quantitative estimate of drug-likeness (QED) is 0.578. The second kappa shape index (κ2) is 5.41. The lowest BCUT2D eigenvalue weighted by Gasteiger charge is -2.09. The molecule has 0 saturated heterocycles. The van der Waals surface area contributed by atoms with E-state index in [-0.39, 0.29) is 0 Å². The number of pyridine rings is 2. The maximum atomic E-state index is 4.79. The van der Waals surface area contributed by atoms with Crippen LogP contribution in [0.5, 0.6) is 0 Å². The van der Waals surface area contributed by atoms with Gasteiger partial charge in [0.15, 0.2) is 0 Å². The van der Waals surface area contributed by atoms with E-state index in [0.29, 0.717) is 0 Å². The number of para-hydroxylation sites is 2. The molecule has 0 spiro atoms. The first-order valence-corrected chi connectivity index (χ1v) is 7.16. The van der Waals surface area contributed by atoms with Crippen LogP contribution < -0.4 is 0 Å². The van der Waals surface area contributed by atoms with Crippen molar-refractivity contribution >= 4 is 11.0 Å². The SMILES string of the molecule is c1cncc(Cn2c(-c3ccncc3)nc3ccccc32)c1. The molecule has 0 aliphatic heterocycles. The smallest absolute Gasteiger partial charge is 0.141 e. The third-order valence-corrected chi connectivity index (χ3v) is 3.66. The highest BCUT2D eigenvalue weighted by Gasteiger charge is 2.12. The molecule has 106 valence electrons. The Morgan fingerprint density at radius 1 is 0.818 bits per heavy atom. The second-order valence-electron chi connectivity index (χ2n) is 5.11. The first-order chi connectivity index (χ1) is 10.9. The van der Waals surface area contributed by atoms with Crippen molar-refractivity contribution in [3.63, 3.8) is 0 Å². The van der Waals surface area contributed by atoms with E-state index in [1.165, 1.54) is 0 Å². The van der Waals surface area contributed by atoms with Crippen molar-refractivity contribution in [3.8, 4) is 11.4 Å². The molecule has 22 heavy (non-hydrogen) atoms. The maximum absolute atomic E-state index is 4.79. The number of aromatic nitrogens is 4. The van der Waals surface area contributed by atoms with Gasteiger partial charge in [-0.1, -0.05) is 18.2 Å². The third kappa shape index (κ3) is 2.24. The average Bonchev–Trinajstić information content (AvgIpc) is 2.95. The molecular weight excluding hydrogens is 272 g/mol. The predicted molar refractivity (Wildman–Crippen MR) is 86.3 cm³/mol. The highest BCUT2D eigenvalue weighted by molar-refractivity contribution is 5.80. The molecule has 0 fully saturated rings. The lowest BCUT2D eigenvalue weighted by molar-refractivity contribution is 0.829. The highest BCUT2D eigenvalue weighted by Crippen LogP contribution is 2.25. The maximum Gasteiger partial charge on any atom is 0.141 e. The molecule has 0 bridgehead atoms. The Morgan fingerprint density at radius 3 is 2.50 bits per heavy atom. The van der Waals surface area contributed by atoms with Gasteiger partial charge in [-0.15, -0.1) is 0 Å². The molecule has 0 N–H and O–H groups in total. The Morgan fingerprint density at radius 2 is 1.68 bits per heavy atom. The van der Waals surface area contributed by atoms with Crippen molar-refractivity contribution in [2.75, 3.05) is 0 Å². The standard InChI is InChI=1S/C18H14N4/c1-2-6-17-16(5-1)21-18(15-7-10-19-11-8-15)22(17)13-14-4-3-9-20-12-14/h1-12H,13H2. The van der Waals surface area contributed by atoms with Gasteiger partial charge < -0.3 is 4.57 Å². The molecule has 4 aromatic rings. The van der Waals surface area contributed by atoms with Gasteiger partial charge in [-0.3, -0.25) is 9.97 Å². The van der Waals surface area contributed by atoms with Crippen LogP contribution in [0.4, 0.5) is 0 Å². The fraction of sp³-hybridized carbons (Fsp3) is 0.0556. The van der Waals surface area contributed by atoms with Crippen LogP contribution in [-0.4, -0.2) is 19.5 Å². The molecule has 0 aliphatic carbocycles. The number of imidazole rings is 1. The number of hydrogen-bond acceptors (Lipinski definition) is 3. The van der Waals surface area contributed by atoms with E-state index >= 15 is 0 Å². The van der Waals surface area contributed by atoms with Crippen molar-refractivity contribution in [1.29, 1.82) is 0 Å². The van der Waals surface area contributed by atoms with Crippen LogP contribution in [0.2, 0.25) is 0 Å². The topological polar surface area (TPSA) is 43.6 Å². The number of rotatable bonds is 3. The van der Waals surface area contributed by atoms with Crippen molar-refractivity contribution in [2.45, 2.75) is 6.54 Å². The van der Waals surface area contributed by atoms with Gasteiger partial charge in [0.25, 0.3) is 0 Å². The van der Waals surface area contributed by atoms with E-state index < -0.39 is 0 Å². The molecule has 0 aliphatic rings. The molecule has 4 rings (SSSR count). The first-order valence-electron chi connectivity index (χ1n) is 7.16. The summed E-state index contributed by atoms with van der Waals surface area (Å²) in [6.45, 7) is 0.742. The third-order valence-electron chi connectivity index (χ3n) is 3.66. The number of fused-ring (bicyclic) bond motifs is 1. The fourth-order valence-electron chi connectivity index (χ4n) is 2.63. The number of nitrogens with zero attached hydrogens (tertiary/aromatic N) is 4. The van der Waals surface area contributed by atoms with Gasteiger partial charge in [-0.2, -0.15) is 0 Å². The summed E-state index contributed by atoms with van der Waals surface area (Å²) in [4.78, 5) is 13.1. The van der Waals surface area contributed by atoms with Crippen LogP contribution in [0.15, 0.2) is 73.3 Å². The van der Waals surface area contributed by atoms with Gasteiger partial charge in [-0.25, -0.2) is 4.98 Å². The van der Waals surface area contributed by atoms with Crippen LogP contribution in [0.25, 0.3) is 22.4 Å². The molecule has 0 radical (unpaired) electrons. The summed E-state index contributed by atoms with van der Waals surface area (Å²) in [6, 6.07) is 16.2. The van der Waals surface area contributed by atoms with Crippen LogP contribution in [-0.2, 0) is 6.54 Å². The van der Waals surface area contributed by atoms with Crippen molar-refractivity contribution in [1.82, 2.24) is 19.5 Å². The lowest BCUT2D eigenvalue weighted by atomic mass is 10.2. The molecule has 4 heteroatoms. The summed E-state index contributed by atoms with van der Waals surface area (Å²) in [7, 11) is 0. The Bertz CT molecular complexity index is 898. The van der Waals surface area contributed by atoms with E-state index in [9.17, 15) is 0 Å². The van der Waals surface area contributed by atoms with E-state index in [1.54, 1.807) is 18.6 Å². The number of benzene rings is 1. The van der Waals surface area contributed by atoms with Crippen molar-refractivity contribution in [2.24, 2.45) is 0 Å². The van der Waals surface area contributed by atoms with Gasteiger partial charge in [0.1, 0.15) is 5.82 Å². The van der Waals surface area contributed by atoms with Crippen molar-refractivity contribution < 1.29 is 0 Å². The molecule has 4 nitrogen and oxygen atoms in total. The zero-order valence-electron chi connectivity index (χ0n) is 11.9.